The van der Waals surface area contributed by atoms with Crippen molar-refractivity contribution in [3.8, 4) is 0 Å². The topological polar surface area (TPSA) is 92.8 Å². The quantitative estimate of drug-likeness (QED) is 0.399. The number of amides is 2. The molecular formula is C29H24N2O5S. The summed E-state index contributed by atoms with van der Waals surface area (Å²) >= 11 is 0. The highest BCUT2D eigenvalue weighted by Gasteiger charge is 2.58. The molecule has 5 rings (SSSR count). The average molecular weight is 513 g/mol. The fraction of sp³-hybridized carbons (Fsp3) is 0.103. The molecule has 0 bridgehead atoms. The smallest absolute Gasteiger partial charge is 0.292 e. The lowest BCUT2D eigenvalue weighted by Gasteiger charge is -2.27. The third kappa shape index (κ3) is 4.76. The zero-order valence-corrected chi connectivity index (χ0v) is 20.5. The van der Waals surface area contributed by atoms with E-state index in [1.165, 1.54) is 12.1 Å². The van der Waals surface area contributed by atoms with Gasteiger partial charge in [-0.25, -0.2) is 8.42 Å². The molecular weight excluding hydrogens is 488 g/mol. The molecule has 4 aromatic carbocycles. The molecule has 1 fully saturated rings. The predicted octanol–water partition coefficient (Wildman–Crippen LogP) is 4.30. The summed E-state index contributed by atoms with van der Waals surface area (Å²) in [7, 11) is -4.34. The maximum Gasteiger partial charge on any atom is 0.292 e. The molecule has 8 heteroatoms. The van der Waals surface area contributed by atoms with E-state index in [1.807, 2.05) is 6.07 Å². The summed E-state index contributed by atoms with van der Waals surface area (Å²) < 4.78 is 34.7. The minimum atomic E-state index is -4.34. The number of nitrogens with zero attached hydrogens (tertiary/aromatic N) is 1. The van der Waals surface area contributed by atoms with Crippen LogP contribution in [0.3, 0.4) is 0 Å². The van der Waals surface area contributed by atoms with Gasteiger partial charge < -0.3 is 10.1 Å². The standard InChI is InChI=1S/C29H24N2O5S/c32-26(23-15-7-2-8-16-23)30-29(21-22-13-5-1-6-14-22)28(33)31(27(36-29)24-17-9-3-10-18-24)37(34,35)25-19-11-4-12-20-25/h1-20,27H,21H2,(H,30,32). The molecule has 0 radical (unpaired) electrons. The van der Waals surface area contributed by atoms with E-state index in [1.54, 1.807) is 103 Å². The fourth-order valence-corrected chi connectivity index (χ4v) is 5.82. The van der Waals surface area contributed by atoms with Crippen LogP contribution in [-0.2, 0) is 26.0 Å². The van der Waals surface area contributed by atoms with Gasteiger partial charge in [0.05, 0.1) is 4.90 Å². The summed E-state index contributed by atoms with van der Waals surface area (Å²) in [4.78, 5) is 27.5. The van der Waals surface area contributed by atoms with Gasteiger partial charge in [-0.15, -0.1) is 0 Å². The third-order valence-electron chi connectivity index (χ3n) is 6.10. The van der Waals surface area contributed by atoms with Crippen molar-refractivity contribution >= 4 is 21.8 Å². The SMILES string of the molecule is O=C(NC1(Cc2ccccc2)OC(c2ccccc2)N(S(=O)(=O)c2ccccc2)C1=O)c1ccccc1. The summed E-state index contributed by atoms with van der Waals surface area (Å²) in [5, 5.41) is 2.74. The number of benzene rings is 4. The number of ether oxygens (including phenoxy) is 1. The van der Waals surface area contributed by atoms with Crippen LogP contribution in [-0.4, -0.2) is 30.3 Å². The number of sulfonamides is 1. The number of nitrogens with one attached hydrogen (secondary N) is 1. The van der Waals surface area contributed by atoms with Crippen LogP contribution < -0.4 is 5.32 Å². The van der Waals surface area contributed by atoms with E-state index in [9.17, 15) is 18.0 Å². The Kier molecular flexibility index (Phi) is 6.60. The number of carbonyl (C=O) groups is 2. The highest BCUT2D eigenvalue weighted by atomic mass is 32.2. The Hall–Kier alpha value is -4.27. The molecule has 0 aliphatic carbocycles. The maximum absolute atomic E-state index is 14.2. The Morgan fingerprint density at radius 1 is 0.784 bits per heavy atom. The molecule has 37 heavy (non-hydrogen) atoms. The Labute approximate surface area is 215 Å². The van der Waals surface area contributed by atoms with Gasteiger partial charge in [-0.05, 0) is 29.8 Å². The van der Waals surface area contributed by atoms with Gasteiger partial charge in [-0.1, -0.05) is 97.1 Å². The average Bonchev–Trinajstić information content (AvgIpc) is 3.22. The Balaban J connectivity index is 1.65. The van der Waals surface area contributed by atoms with Crippen molar-refractivity contribution in [1.29, 1.82) is 0 Å². The van der Waals surface area contributed by atoms with E-state index in [2.05, 4.69) is 5.32 Å². The van der Waals surface area contributed by atoms with Crippen LogP contribution in [0.4, 0.5) is 0 Å². The van der Waals surface area contributed by atoms with Gasteiger partial charge in [-0.2, -0.15) is 4.31 Å². The van der Waals surface area contributed by atoms with Gasteiger partial charge in [0.2, 0.25) is 5.72 Å². The number of carbonyl (C=O) groups excluding carboxylic acids is 2. The van der Waals surface area contributed by atoms with Crippen LogP contribution in [0, 0.1) is 0 Å². The van der Waals surface area contributed by atoms with E-state index in [0.717, 1.165) is 4.31 Å². The monoisotopic (exact) mass is 512 g/mol. The largest absolute Gasteiger partial charge is 0.317 e. The first-order chi connectivity index (χ1) is 17.9. The second-order valence-corrected chi connectivity index (χ2v) is 10.4. The molecule has 1 saturated heterocycles. The van der Waals surface area contributed by atoms with Gasteiger partial charge >= 0.3 is 0 Å². The zero-order valence-electron chi connectivity index (χ0n) is 19.7. The molecule has 2 amide bonds. The number of rotatable bonds is 7. The van der Waals surface area contributed by atoms with E-state index >= 15 is 0 Å². The first kappa shape index (κ1) is 24.4. The van der Waals surface area contributed by atoms with Crippen molar-refractivity contribution in [2.24, 2.45) is 0 Å². The van der Waals surface area contributed by atoms with Crippen LogP contribution in [0.1, 0.15) is 27.7 Å². The summed E-state index contributed by atoms with van der Waals surface area (Å²) in [6, 6.07) is 33.7. The Morgan fingerprint density at radius 3 is 1.89 bits per heavy atom. The van der Waals surface area contributed by atoms with Gasteiger partial charge in [-0.3, -0.25) is 9.59 Å². The van der Waals surface area contributed by atoms with E-state index < -0.39 is 33.8 Å². The summed E-state index contributed by atoms with van der Waals surface area (Å²) in [6.45, 7) is 0. The first-order valence-corrected chi connectivity index (χ1v) is 13.1. The van der Waals surface area contributed by atoms with Gasteiger partial charge in [0.1, 0.15) is 0 Å². The van der Waals surface area contributed by atoms with Crippen LogP contribution in [0.2, 0.25) is 0 Å². The number of hydrogen-bond acceptors (Lipinski definition) is 5. The highest BCUT2D eigenvalue weighted by Crippen LogP contribution is 2.41. The summed E-state index contributed by atoms with van der Waals surface area (Å²) in [5.74, 6) is -1.44. The molecule has 4 aromatic rings. The fourth-order valence-electron chi connectivity index (χ4n) is 4.31. The lowest BCUT2D eigenvalue weighted by molar-refractivity contribution is -0.138. The predicted molar refractivity (Wildman–Crippen MR) is 138 cm³/mol. The highest BCUT2D eigenvalue weighted by molar-refractivity contribution is 7.89. The van der Waals surface area contributed by atoms with Crippen molar-refractivity contribution in [1.82, 2.24) is 9.62 Å². The normalized spacial score (nSPS) is 19.5. The molecule has 2 unspecified atom stereocenters. The summed E-state index contributed by atoms with van der Waals surface area (Å²) in [6.07, 6.45) is -1.37. The van der Waals surface area contributed by atoms with Crippen molar-refractivity contribution < 1.29 is 22.7 Å². The lowest BCUT2D eigenvalue weighted by atomic mass is 10.0. The first-order valence-electron chi connectivity index (χ1n) is 11.7. The lowest BCUT2D eigenvalue weighted by Crippen LogP contribution is -2.57. The molecule has 0 aromatic heterocycles. The molecule has 1 aliphatic rings. The van der Waals surface area contributed by atoms with Crippen molar-refractivity contribution in [3.63, 3.8) is 0 Å². The molecule has 1 aliphatic heterocycles. The maximum atomic E-state index is 14.2. The number of hydrogen-bond donors (Lipinski definition) is 1. The molecule has 0 saturated carbocycles. The van der Waals surface area contributed by atoms with E-state index in [0.29, 0.717) is 16.7 Å². The molecule has 1 N–H and O–H groups in total. The third-order valence-corrected chi connectivity index (χ3v) is 7.85. The van der Waals surface area contributed by atoms with E-state index in [-0.39, 0.29) is 11.3 Å². The van der Waals surface area contributed by atoms with Gasteiger partial charge in [0.15, 0.2) is 6.23 Å². The van der Waals surface area contributed by atoms with Crippen molar-refractivity contribution in [3.05, 3.63) is 138 Å². The van der Waals surface area contributed by atoms with Crippen LogP contribution in [0.15, 0.2) is 126 Å². The van der Waals surface area contributed by atoms with Gasteiger partial charge in [0.25, 0.3) is 21.8 Å². The van der Waals surface area contributed by atoms with Crippen LogP contribution in [0.5, 0.6) is 0 Å². The van der Waals surface area contributed by atoms with Crippen molar-refractivity contribution in [2.75, 3.05) is 0 Å². The second-order valence-electron chi connectivity index (χ2n) is 8.61. The molecule has 1 heterocycles. The minimum Gasteiger partial charge on any atom is -0.317 e. The second kappa shape index (κ2) is 10.0. The minimum absolute atomic E-state index is 0.0576. The van der Waals surface area contributed by atoms with Crippen LogP contribution in [0.25, 0.3) is 0 Å². The molecule has 0 spiro atoms. The zero-order chi connectivity index (χ0) is 25.9. The van der Waals surface area contributed by atoms with Crippen LogP contribution >= 0.6 is 0 Å². The molecule has 2 atom stereocenters. The molecule has 7 nitrogen and oxygen atoms in total. The van der Waals surface area contributed by atoms with Gasteiger partial charge in [0, 0.05) is 17.5 Å². The van der Waals surface area contributed by atoms with Crippen molar-refractivity contribution in [2.45, 2.75) is 23.3 Å². The Morgan fingerprint density at radius 2 is 1.30 bits per heavy atom. The summed E-state index contributed by atoms with van der Waals surface area (Å²) in [5.41, 5.74) is -0.516. The Bertz CT molecular complexity index is 1500. The van der Waals surface area contributed by atoms with E-state index in [4.69, 9.17) is 4.74 Å². The molecule has 186 valence electrons.